The van der Waals surface area contributed by atoms with Gasteiger partial charge in [0, 0.05) is 12.0 Å². The molecule has 2 aliphatic heterocycles. The van der Waals surface area contributed by atoms with Crippen molar-refractivity contribution in [2.45, 2.75) is 50.7 Å². The summed E-state index contributed by atoms with van der Waals surface area (Å²) >= 11 is 0. The average molecular weight is 287 g/mol. The summed E-state index contributed by atoms with van der Waals surface area (Å²) in [7, 11) is 2.17. The lowest BCUT2D eigenvalue weighted by Gasteiger charge is -2.39. The standard InChI is InChI=1S/C18H25NO2/c1-12-11-14-4-3-13-5-8-18(20,16(13)17(14)21-12)15-6-9-19(2)10-7-15/h3-4,12,15,20H,5-11H2,1-2H3. The van der Waals surface area contributed by atoms with Gasteiger partial charge < -0.3 is 14.7 Å². The molecule has 0 bridgehead atoms. The molecule has 3 aliphatic rings. The molecule has 2 heterocycles. The van der Waals surface area contributed by atoms with Crippen LogP contribution in [0.1, 0.15) is 42.9 Å². The number of likely N-dealkylation sites (tertiary alicyclic amines) is 1. The second kappa shape index (κ2) is 4.72. The number of nitrogens with zero attached hydrogens (tertiary/aromatic N) is 1. The minimum atomic E-state index is -0.661. The lowest BCUT2D eigenvalue weighted by atomic mass is 9.76. The maximum atomic E-state index is 11.5. The number of benzene rings is 1. The molecule has 4 rings (SSSR count). The van der Waals surface area contributed by atoms with Crippen molar-refractivity contribution in [1.82, 2.24) is 4.90 Å². The number of aliphatic hydroxyl groups is 1. The Morgan fingerprint density at radius 3 is 2.71 bits per heavy atom. The molecule has 1 aliphatic carbocycles. The number of fused-ring (bicyclic) bond motifs is 3. The molecule has 114 valence electrons. The van der Waals surface area contributed by atoms with Gasteiger partial charge in [-0.2, -0.15) is 0 Å². The zero-order chi connectivity index (χ0) is 14.6. The first kappa shape index (κ1) is 13.6. The first-order valence-electron chi connectivity index (χ1n) is 8.31. The van der Waals surface area contributed by atoms with Crippen molar-refractivity contribution in [1.29, 1.82) is 0 Å². The molecule has 0 aromatic heterocycles. The third-order valence-corrected chi connectivity index (χ3v) is 5.75. The maximum Gasteiger partial charge on any atom is 0.129 e. The SMILES string of the molecule is CC1Cc2ccc3c(c2O1)C(O)(C1CCN(C)CC1)CC3. The Bertz CT molecular complexity index is 563. The smallest absolute Gasteiger partial charge is 0.129 e. The second-order valence-electron chi connectivity index (χ2n) is 7.22. The van der Waals surface area contributed by atoms with E-state index < -0.39 is 5.60 Å². The van der Waals surface area contributed by atoms with Crippen LogP contribution in [0.4, 0.5) is 0 Å². The van der Waals surface area contributed by atoms with E-state index in [-0.39, 0.29) is 6.10 Å². The van der Waals surface area contributed by atoms with Gasteiger partial charge in [-0.15, -0.1) is 0 Å². The molecule has 2 atom stereocenters. The van der Waals surface area contributed by atoms with Crippen molar-refractivity contribution in [2.75, 3.05) is 20.1 Å². The van der Waals surface area contributed by atoms with Crippen LogP contribution in [0.25, 0.3) is 0 Å². The monoisotopic (exact) mass is 287 g/mol. The molecule has 0 spiro atoms. The lowest BCUT2D eigenvalue weighted by molar-refractivity contribution is -0.0463. The van der Waals surface area contributed by atoms with Crippen molar-refractivity contribution >= 4 is 0 Å². The van der Waals surface area contributed by atoms with Crippen molar-refractivity contribution < 1.29 is 9.84 Å². The van der Waals surface area contributed by atoms with Crippen LogP contribution in [0.3, 0.4) is 0 Å². The fourth-order valence-corrected chi connectivity index (χ4v) is 4.54. The van der Waals surface area contributed by atoms with Crippen LogP contribution in [0.2, 0.25) is 0 Å². The molecule has 21 heavy (non-hydrogen) atoms. The summed E-state index contributed by atoms with van der Waals surface area (Å²) < 4.78 is 6.09. The molecule has 1 fully saturated rings. The largest absolute Gasteiger partial charge is 0.490 e. The van der Waals surface area contributed by atoms with Crippen molar-refractivity contribution in [3.05, 3.63) is 28.8 Å². The Kier molecular flexibility index (Phi) is 3.05. The summed E-state index contributed by atoms with van der Waals surface area (Å²) in [6.07, 6.45) is 5.26. The fraction of sp³-hybridized carbons (Fsp3) is 0.667. The zero-order valence-corrected chi connectivity index (χ0v) is 13.1. The average Bonchev–Trinajstić information content (AvgIpc) is 3.00. The number of hydrogen-bond donors (Lipinski definition) is 1. The van der Waals surface area contributed by atoms with E-state index in [0.717, 1.165) is 56.5 Å². The van der Waals surface area contributed by atoms with E-state index in [2.05, 4.69) is 31.0 Å². The van der Waals surface area contributed by atoms with Crippen molar-refractivity contribution in [3.8, 4) is 5.75 Å². The predicted molar refractivity (Wildman–Crippen MR) is 82.7 cm³/mol. The number of piperidine rings is 1. The number of ether oxygens (including phenoxy) is 1. The highest BCUT2D eigenvalue weighted by Crippen LogP contribution is 2.52. The molecule has 2 unspecified atom stereocenters. The van der Waals surface area contributed by atoms with Crippen LogP contribution in [-0.2, 0) is 18.4 Å². The zero-order valence-electron chi connectivity index (χ0n) is 13.1. The highest BCUT2D eigenvalue weighted by Gasteiger charge is 2.47. The highest BCUT2D eigenvalue weighted by molar-refractivity contribution is 5.54. The van der Waals surface area contributed by atoms with Gasteiger partial charge in [0.1, 0.15) is 11.9 Å². The van der Waals surface area contributed by atoms with Crippen LogP contribution < -0.4 is 4.74 Å². The van der Waals surface area contributed by atoms with E-state index in [1.807, 2.05) is 0 Å². The summed E-state index contributed by atoms with van der Waals surface area (Å²) in [6, 6.07) is 4.43. The number of rotatable bonds is 1. The molecular formula is C18H25NO2. The Morgan fingerprint density at radius 2 is 1.95 bits per heavy atom. The maximum absolute atomic E-state index is 11.5. The quantitative estimate of drug-likeness (QED) is 0.861. The Balaban J connectivity index is 1.74. The molecule has 1 aromatic carbocycles. The van der Waals surface area contributed by atoms with Gasteiger partial charge in [-0.3, -0.25) is 0 Å². The van der Waals surface area contributed by atoms with E-state index >= 15 is 0 Å². The topological polar surface area (TPSA) is 32.7 Å². The Morgan fingerprint density at radius 1 is 1.24 bits per heavy atom. The van der Waals surface area contributed by atoms with Gasteiger partial charge >= 0.3 is 0 Å². The molecule has 1 aromatic rings. The van der Waals surface area contributed by atoms with Crippen molar-refractivity contribution in [2.24, 2.45) is 5.92 Å². The van der Waals surface area contributed by atoms with Gasteiger partial charge in [0.05, 0.1) is 5.60 Å². The molecule has 3 nitrogen and oxygen atoms in total. The second-order valence-corrected chi connectivity index (χ2v) is 7.22. The normalized spacial score (nSPS) is 32.8. The van der Waals surface area contributed by atoms with E-state index in [9.17, 15) is 5.11 Å². The summed E-state index contributed by atoms with van der Waals surface area (Å²) in [4.78, 5) is 2.36. The van der Waals surface area contributed by atoms with Gasteiger partial charge in [-0.1, -0.05) is 12.1 Å². The van der Waals surface area contributed by atoms with Crippen LogP contribution in [0, 0.1) is 5.92 Å². The Hall–Kier alpha value is -1.06. The van der Waals surface area contributed by atoms with Crippen LogP contribution in [-0.4, -0.2) is 36.2 Å². The molecule has 0 radical (unpaired) electrons. The molecule has 3 heteroatoms. The molecular weight excluding hydrogens is 262 g/mol. The summed E-state index contributed by atoms with van der Waals surface area (Å²) in [5.41, 5.74) is 3.07. The van der Waals surface area contributed by atoms with Crippen LogP contribution in [0.15, 0.2) is 12.1 Å². The van der Waals surface area contributed by atoms with E-state index in [0.29, 0.717) is 5.92 Å². The highest BCUT2D eigenvalue weighted by atomic mass is 16.5. The molecule has 1 saturated heterocycles. The van der Waals surface area contributed by atoms with Gasteiger partial charge in [0.25, 0.3) is 0 Å². The fourth-order valence-electron chi connectivity index (χ4n) is 4.54. The Labute approximate surface area is 126 Å². The lowest BCUT2D eigenvalue weighted by Crippen LogP contribution is -2.41. The first-order chi connectivity index (χ1) is 10.1. The number of hydrogen-bond acceptors (Lipinski definition) is 3. The molecule has 0 amide bonds. The molecule has 0 saturated carbocycles. The molecule has 1 N–H and O–H groups in total. The van der Waals surface area contributed by atoms with Crippen LogP contribution in [0.5, 0.6) is 5.75 Å². The summed E-state index contributed by atoms with van der Waals surface area (Å²) in [5, 5.41) is 11.5. The van der Waals surface area contributed by atoms with Crippen LogP contribution >= 0.6 is 0 Å². The van der Waals surface area contributed by atoms with Crippen molar-refractivity contribution in [3.63, 3.8) is 0 Å². The number of aryl methyl sites for hydroxylation is 1. The minimum Gasteiger partial charge on any atom is -0.490 e. The van der Waals surface area contributed by atoms with Gasteiger partial charge in [-0.05, 0) is 69.8 Å². The first-order valence-corrected chi connectivity index (χ1v) is 8.31. The van der Waals surface area contributed by atoms with Gasteiger partial charge in [0.15, 0.2) is 0 Å². The van der Waals surface area contributed by atoms with E-state index in [4.69, 9.17) is 4.74 Å². The van der Waals surface area contributed by atoms with Gasteiger partial charge in [-0.25, -0.2) is 0 Å². The van der Waals surface area contributed by atoms with E-state index in [1.54, 1.807) is 0 Å². The van der Waals surface area contributed by atoms with Gasteiger partial charge in [0.2, 0.25) is 0 Å². The summed E-state index contributed by atoms with van der Waals surface area (Å²) in [5.74, 6) is 1.39. The minimum absolute atomic E-state index is 0.244. The summed E-state index contributed by atoms with van der Waals surface area (Å²) in [6.45, 7) is 4.30. The van der Waals surface area contributed by atoms with E-state index in [1.165, 1.54) is 11.1 Å². The third kappa shape index (κ3) is 2.01. The predicted octanol–water partition coefficient (Wildman–Crippen LogP) is 2.49. The third-order valence-electron chi connectivity index (χ3n) is 5.75.